The Labute approximate surface area is 297 Å². The van der Waals surface area contributed by atoms with Gasteiger partial charge in [-0.05, 0) is 48.5 Å². The molecule has 266 valence electrons. The summed E-state index contributed by atoms with van der Waals surface area (Å²) in [5.74, 6) is 0.898. The Kier molecular flexibility index (Phi) is 16.6. The summed E-state index contributed by atoms with van der Waals surface area (Å²) in [5, 5.41) is 14.6. The molecule has 5 aromatic heterocycles. The molecule has 0 radical (unpaired) electrons. The van der Waals surface area contributed by atoms with Crippen LogP contribution < -0.4 is 0 Å². The molecular weight excluding hydrogens is 605 g/mol. The molecule has 0 aromatic carbocycles. The second kappa shape index (κ2) is 19.0. The van der Waals surface area contributed by atoms with Crippen molar-refractivity contribution in [1.82, 2.24) is 40.3 Å². The van der Waals surface area contributed by atoms with E-state index in [1.54, 1.807) is 24.8 Å². The maximum atomic E-state index is 4.25. The van der Waals surface area contributed by atoms with E-state index in [9.17, 15) is 0 Å². The zero-order valence-corrected chi connectivity index (χ0v) is 32.9. The fraction of sp³-hybridized carbons (Fsp3) is 0.488. The van der Waals surface area contributed by atoms with Crippen LogP contribution in [0, 0.1) is 0 Å². The van der Waals surface area contributed by atoms with Crippen molar-refractivity contribution in [2.24, 2.45) is 0 Å². The first-order chi connectivity index (χ1) is 22.5. The first-order valence-corrected chi connectivity index (χ1v) is 16.9. The predicted molar refractivity (Wildman–Crippen MR) is 205 cm³/mol. The average molecular weight is 667 g/mol. The minimum Gasteiger partial charge on any atom is -0.282 e. The monoisotopic (exact) mass is 667 g/mol. The largest absolute Gasteiger partial charge is 0.282 e. The third-order valence-electron chi connectivity index (χ3n) is 6.75. The number of nitrogens with zero attached hydrogens (tertiary/aromatic N) is 7. The summed E-state index contributed by atoms with van der Waals surface area (Å²) in [6, 6.07) is 19.8. The number of nitrogens with one attached hydrogen (secondary N) is 1. The van der Waals surface area contributed by atoms with E-state index in [0.29, 0.717) is 0 Å². The molecule has 0 saturated heterocycles. The van der Waals surface area contributed by atoms with Gasteiger partial charge in [-0.3, -0.25) is 15.1 Å². The van der Waals surface area contributed by atoms with Crippen LogP contribution >= 0.6 is 0 Å². The zero-order valence-electron chi connectivity index (χ0n) is 32.9. The molecule has 0 atom stereocenters. The Morgan fingerprint density at radius 3 is 1.06 bits per heavy atom. The number of aromatic nitrogens is 8. The van der Waals surface area contributed by atoms with E-state index < -0.39 is 0 Å². The third kappa shape index (κ3) is 18.1. The Balaban J connectivity index is 0.000000306. The first kappa shape index (κ1) is 42.7. The minimum absolute atomic E-state index is 0.0707. The molecule has 0 amide bonds. The summed E-state index contributed by atoms with van der Waals surface area (Å²) in [6.07, 6.45) is 10.7. The molecule has 5 heterocycles. The molecule has 0 aliphatic rings. The van der Waals surface area contributed by atoms with Gasteiger partial charge in [0, 0.05) is 81.3 Å². The van der Waals surface area contributed by atoms with Gasteiger partial charge in [0.25, 0.3) is 0 Å². The van der Waals surface area contributed by atoms with Crippen molar-refractivity contribution in [2.45, 2.75) is 131 Å². The highest BCUT2D eigenvalue weighted by atomic mass is 15.1. The van der Waals surface area contributed by atoms with Crippen LogP contribution in [0.4, 0.5) is 0 Å². The lowest BCUT2D eigenvalue weighted by atomic mass is 9.92. The second-order valence-electron chi connectivity index (χ2n) is 16.8. The summed E-state index contributed by atoms with van der Waals surface area (Å²) in [7, 11) is 0. The fourth-order valence-electron chi connectivity index (χ4n) is 3.67. The number of hydrogen-bond donors (Lipinski definition) is 1. The molecular formula is C41H62N8. The molecule has 8 nitrogen and oxygen atoms in total. The summed E-state index contributed by atoms with van der Waals surface area (Å²) < 4.78 is 0. The number of H-pyrrole nitrogens is 1. The van der Waals surface area contributed by atoms with Gasteiger partial charge in [-0.15, -0.1) is 0 Å². The topological polar surface area (TPSA) is 106 Å². The molecule has 5 aromatic rings. The van der Waals surface area contributed by atoms with Crippen molar-refractivity contribution in [1.29, 1.82) is 0 Å². The van der Waals surface area contributed by atoms with Crippen molar-refractivity contribution in [3.05, 3.63) is 126 Å². The smallest absolute Gasteiger partial charge is 0.133 e. The van der Waals surface area contributed by atoms with Crippen LogP contribution in [-0.2, 0) is 27.1 Å². The molecule has 5 rings (SSSR count). The molecule has 1 N–H and O–H groups in total. The highest BCUT2D eigenvalue weighted by Gasteiger charge is 2.17. The van der Waals surface area contributed by atoms with Crippen molar-refractivity contribution < 1.29 is 0 Å². The van der Waals surface area contributed by atoms with Crippen molar-refractivity contribution in [2.75, 3.05) is 0 Å². The van der Waals surface area contributed by atoms with Crippen molar-refractivity contribution in [3.63, 3.8) is 0 Å². The molecule has 0 aliphatic carbocycles. The SMILES string of the molecule is CC(C)(C)c1ccccn1.CC(C)(C)c1ccccn1.CC(C)(C)c1cccnn1.CC(C)(C)c1ccn[nH]1.CC(C)(C)c1ncccn1. The summed E-state index contributed by atoms with van der Waals surface area (Å²) in [4.78, 5) is 16.8. The van der Waals surface area contributed by atoms with Crippen molar-refractivity contribution >= 4 is 0 Å². The number of pyridine rings is 2. The van der Waals surface area contributed by atoms with E-state index in [1.807, 2.05) is 60.9 Å². The van der Waals surface area contributed by atoms with E-state index >= 15 is 0 Å². The maximum Gasteiger partial charge on any atom is 0.133 e. The average Bonchev–Trinajstić information content (AvgIpc) is 3.59. The Hall–Kier alpha value is -4.33. The van der Waals surface area contributed by atoms with Gasteiger partial charge in [0.05, 0.1) is 5.69 Å². The fourth-order valence-corrected chi connectivity index (χ4v) is 3.67. The Morgan fingerprint density at radius 2 is 0.837 bits per heavy atom. The van der Waals surface area contributed by atoms with Crippen LogP contribution in [0.15, 0.2) is 97.8 Å². The van der Waals surface area contributed by atoms with Gasteiger partial charge in [-0.25, -0.2) is 9.97 Å². The van der Waals surface area contributed by atoms with Gasteiger partial charge >= 0.3 is 0 Å². The predicted octanol–water partition coefficient (Wildman–Crippen LogP) is 10.0. The van der Waals surface area contributed by atoms with E-state index in [1.165, 1.54) is 5.69 Å². The van der Waals surface area contributed by atoms with E-state index in [2.05, 4.69) is 156 Å². The number of aromatic amines is 1. The lowest BCUT2D eigenvalue weighted by Crippen LogP contribution is -2.14. The standard InChI is InChI=1S/2C9H13N.2C8H12N2.C7H12N2/c2*1-9(2,3)8-6-4-5-7-10-8;1-8(2,3)7-9-5-4-6-10-7;1-8(2,3)7-5-4-6-9-10-7;1-7(2,3)6-4-5-8-9-6/h2*4-7H,1-3H3;2*4-6H,1-3H3;4-5H,1-3H3,(H,8,9). The van der Waals surface area contributed by atoms with Gasteiger partial charge < -0.3 is 0 Å². The Bertz CT molecular complexity index is 1320. The summed E-state index contributed by atoms with van der Waals surface area (Å²) >= 11 is 0. The Morgan fingerprint density at radius 1 is 0.388 bits per heavy atom. The van der Waals surface area contributed by atoms with Crippen LogP contribution in [0.3, 0.4) is 0 Å². The first-order valence-electron chi connectivity index (χ1n) is 16.9. The lowest BCUT2D eigenvalue weighted by molar-refractivity contribution is 0.545. The molecule has 0 fully saturated rings. The molecule has 8 heteroatoms. The van der Waals surface area contributed by atoms with E-state index in [4.69, 9.17) is 0 Å². The van der Waals surface area contributed by atoms with Gasteiger partial charge in [0.1, 0.15) is 5.82 Å². The van der Waals surface area contributed by atoms with Crippen molar-refractivity contribution in [3.8, 4) is 0 Å². The second-order valence-corrected chi connectivity index (χ2v) is 16.8. The molecule has 0 saturated carbocycles. The number of rotatable bonds is 0. The number of hydrogen-bond acceptors (Lipinski definition) is 7. The molecule has 0 unspecified atom stereocenters. The minimum atomic E-state index is 0.0707. The molecule has 0 aliphatic heterocycles. The highest BCUT2D eigenvalue weighted by molar-refractivity contribution is 5.14. The van der Waals surface area contributed by atoms with Gasteiger partial charge in [-0.2, -0.15) is 15.3 Å². The van der Waals surface area contributed by atoms with E-state index in [-0.39, 0.29) is 27.1 Å². The molecule has 49 heavy (non-hydrogen) atoms. The summed E-state index contributed by atoms with van der Waals surface area (Å²) in [5.41, 5.74) is 5.27. The van der Waals surface area contributed by atoms with Crippen LogP contribution in [0.2, 0.25) is 0 Å². The lowest BCUT2D eigenvalue weighted by Gasteiger charge is -2.16. The molecule has 0 spiro atoms. The van der Waals surface area contributed by atoms with Crippen LogP contribution in [0.1, 0.15) is 132 Å². The molecule has 0 bridgehead atoms. The van der Waals surface area contributed by atoms with Crippen LogP contribution in [-0.4, -0.2) is 40.3 Å². The quantitative estimate of drug-likeness (QED) is 0.175. The third-order valence-corrected chi connectivity index (χ3v) is 6.75. The highest BCUT2D eigenvalue weighted by Crippen LogP contribution is 2.20. The normalized spacial score (nSPS) is 11.6. The van der Waals surface area contributed by atoms with Crippen LogP contribution in [0.5, 0.6) is 0 Å². The zero-order chi connectivity index (χ0) is 37.4. The summed E-state index contributed by atoms with van der Waals surface area (Å²) in [6.45, 7) is 32.1. The van der Waals surface area contributed by atoms with Gasteiger partial charge in [0.15, 0.2) is 0 Å². The maximum absolute atomic E-state index is 4.25. The van der Waals surface area contributed by atoms with E-state index in [0.717, 1.165) is 22.9 Å². The van der Waals surface area contributed by atoms with Gasteiger partial charge in [0.2, 0.25) is 0 Å². The van der Waals surface area contributed by atoms with Gasteiger partial charge in [-0.1, -0.05) is 116 Å². The van der Waals surface area contributed by atoms with Crippen LogP contribution in [0.25, 0.3) is 0 Å².